The van der Waals surface area contributed by atoms with E-state index < -0.39 is 11.6 Å². The van der Waals surface area contributed by atoms with E-state index >= 15 is 0 Å². The number of ether oxygens (including phenoxy) is 1. The van der Waals surface area contributed by atoms with Crippen molar-refractivity contribution < 1.29 is 13.5 Å². The maximum absolute atomic E-state index is 14.4. The normalized spacial score (nSPS) is 26.6. The van der Waals surface area contributed by atoms with E-state index in [-0.39, 0.29) is 22.3 Å². The maximum atomic E-state index is 14.4. The molecule has 8 rings (SSSR count). The molecule has 8 heteroatoms. The predicted molar refractivity (Wildman–Crippen MR) is 117 cm³/mol. The van der Waals surface area contributed by atoms with Gasteiger partial charge < -0.3 is 9.64 Å². The number of aromatic nitrogens is 4. The number of rotatable bonds is 3. The topological polar surface area (TPSA) is 64.0 Å². The van der Waals surface area contributed by atoms with Crippen LogP contribution < -0.4 is 4.90 Å². The highest BCUT2D eigenvalue weighted by Gasteiger charge is 2.51. The Hall–Kier alpha value is -3.00. The number of fused-ring (bicyclic) bond motifs is 2. The molecule has 6 nitrogen and oxygen atoms in total. The summed E-state index contributed by atoms with van der Waals surface area (Å²) in [6.45, 7) is 2.51. The molecule has 2 aliphatic heterocycles. The third-order valence-electron chi connectivity index (χ3n) is 8.11. The third kappa shape index (κ3) is 2.73. The Morgan fingerprint density at radius 3 is 2.45 bits per heavy atom. The molecular weight excluding hydrogens is 424 g/mol. The highest BCUT2D eigenvalue weighted by Crippen LogP contribution is 2.55. The van der Waals surface area contributed by atoms with Crippen LogP contribution in [0, 0.1) is 11.6 Å². The predicted octanol–water partition coefficient (Wildman–Crippen LogP) is 4.15. The number of hydrogen-bond acceptors (Lipinski definition) is 6. The molecule has 1 saturated carbocycles. The number of anilines is 1. The molecule has 1 spiro atoms. The average molecular weight is 447 g/mol. The zero-order valence-electron chi connectivity index (χ0n) is 18.1. The Morgan fingerprint density at radius 2 is 1.76 bits per heavy atom. The summed E-state index contributed by atoms with van der Waals surface area (Å²) in [4.78, 5) is 11.7. The lowest BCUT2D eigenvalue weighted by Crippen LogP contribution is -2.68. The van der Waals surface area contributed by atoms with Crippen molar-refractivity contribution in [3.8, 4) is 11.3 Å². The number of halogens is 2. The minimum Gasteiger partial charge on any atom is -0.371 e. The Balaban J connectivity index is 1.28. The molecule has 1 aromatic carbocycles. The Kier molecular flexibility index (Phi) is 3.99. The van der Waals surface area contributed by atoms with Crippen molar-refractivity contribution in [2.45, 2.75) is 49.0 Å². The van der Waals surface area contributed by atoms with E-state index in [1.54, 1.807) is 0 Å². The van der Waals surface area contributed by atoms with Crippen LogP contribution in [0.3, 0.4) is 0 Å². The second-order valence-electron chi connectivity index (χ2n) is 9.87. The molecule has 33 heavy (non-hydrogen) atoms. The summed E-state index contributed by atoms with van der Waals surface area (Å²) in [7, 11) is 0. The Labute approximate surface area is 190 Å². The van der Waals surface area contributed by atoms with Gasteiger partial charge in [0.2, 0.25) is 5.95 Å². The van der Waals surface area contributed by atoms with Gasteiger partial charge in [0.05, 0.1) is 47.8 Å². The second-order valence-corrected chi connectivity index (χ2v) is 9.87. The molecule has 3 aromatic rings. The molecule has 4 heterocycles. The van der Waals surface area contributed by atoms with Crippen LogP contribution >= 0.6 is 0 Å². The molecule has 5 aliphatic rings. The number of hydrogen-bond donors (Lipinski definition) is 0. The van der Waals surface area contributed by atoms with E-state index in [9.17, 15) is 8.78 Å². The van der Waals surface area contributed by atoms with Crippen LogP contribution in [0.4, 0.5) is 14.7 Å². The van der Waals surface area contributed by atoms with Crippen molar-refractivity contribution in [3.63, 3.8) is 0 Å². The van der Waals surface area contributed by atoms with Crippen LogP contribution in [0.15, 0.2) is 36.5 Å². The summed E-state index contributed by atoms with van der Waals surface area (Å²) in [6.07, 6.45) is 6.81. The zero-order valence-corrected chi connectivity index (χ0v) is 18.1. The number of benzene rings is 1. The summed E-state index contributed by atoms with van der Waals surface area (Å²) in [6, 6.07) is 7.70. The molecule has 3 fully saturated rings. The van der Waals surface area contributed by atoms with Crippen molar-refractivity contribution in [2.24, 2.45) is 0 Å². The molecule has 2 saturated heterocycles. The summed E-state index contributed by atoms with van der Waals surface area (Å²) < 4.78 is 34.5. The molecule has 2 aromatic heterocycles. The monoisotopic (exact) mass is 447 g/mol. The number of nitrogens with zero attached hydrogens (tertiary/aromatic N) is 5. The molecule has 0 amide bonds. The van der Waals surface area contributed by atoms with Crippen molar-refractivity contribution in [3.05, 3.63) is 65.1 Å². The van der Waals surface area contributed by atoms with E-state index in [1.807, 2.05) is 18.3 Å². The molecule has 2 bridgehead atoms. The van der Waals surface area contributed by atoms with Gasteiger partial charge in [0, 0.05) is 12.6 Å². The lowest BCUT2D eigenvalue weighted by molar-refractivity contribution is -0.161. The zero-order chi connectivity index (χ0) is 22.2. The van der Waals surface area contributed by atoms with Crippen molar-refractivity contribution in [1.82, 2.24) is 20.2 Å². The van der Waals surface area contributed by atoms with Gasteiger partial charge in [-0.15, -0.1) is 5.10 Å². The fourth-order valence-corrected chi connectivity index (χ4v) is 6.19. The van der Waals surface area contributed by atoms with Crippen LogP contribution in [0.25, 0.3) is 11.3 Å². The van der Waals surface area contributed by atoms with E-state index in [0.717, 1.165) is 74.7 Å². The highest BCUT2D eigenvalue weighted by atomic mass is 19.1. The van der Waals surface area contributed by atoms with Crippen molar-refractivity contribution in [2.75, 3.05) is 24.6 Å². The van der Waals surface area contributed by atoms with Crippen LogP contribution in [-0.2, 0) is 10.2 Å². The fourth-order valence-electron chi connectivity index (χ4n) is 6.19. The van der Waals surface area contributed by atoms with E-state index in [4.69, 9.17) is 9.72 Å². The van der Waals surface area contributed by atoms with Gasteiger partial charge in [-0.25, -0.2) is 18.7 Å². The van der Waals surface area contributed by atoms with Gasteiger partial charge in [-0.3, -0.25) is 0 Å². The average Bonchev–Trinajstić information content (AvgIpc) is 2.78. The van der Waals surface area contributed by atoms with Gasteiger partial charge in [-0.2, -0.15) is 5.10 Å². The van der Waals surface area contributed by atoms with E-state index in [1.165, 1.54) is 18.2 Å². The largest absolute Gasteiger partial charge is 0.371 e. The molecule has 0 radical (unpaired) electrons. The Morgan fingerprint density at radius 1 is 1.00 bits per heavy atom. The standard InChI is InChI=1S/C25H23F2N5O/c26-17-2-1-3-18(27)21(17)19-12-16-15-4-7-25(8-5-15,22(16)31-30-19)20-6-10-28-23(29-20)32-13-24(14-32)9-11-33-24/h1-3,6,10,12,15H,4-5,7-9,11,13-14H2. The van der Waals surface area contributed by atoms with Gasteiger partial charge in [0.25, 0.3) is 0 Å². The lowest BCUT2D eigenvalue weighted by atomic mass is 9.58. The van der Waals surface area contributed by atoms with Crippen LogP contribution in [0.2, 0.25) is 0 Å². The molecule has 168 valence electrons. The van der Waals surface area contributed by atoms with Crippen LogP contribution in [-0.4, -0.2) is 45.5 Å². The first-order valence-corrected chi connectivity index (χ1v) is 11.6. The minimum atomic E-state index is -0.622. The van der Waals surface area contributed by atoms with E-state index in [2.05, 4.69) is 20.1 Å². The van der Waals surface area contributed by atoms with Gasteiger partial charge in [-0.1, -0.05) is 6.07 Å². The van der Waals surface area contributed by atoms with E-state index in [0.29, 0.717) is 5.92 Å². The summed E-state index contributed by atoms with van der Waals surface area (Å²) in [5, 5.41) is 8.88. The highest BCUT2D eigenvalue weighted by molar-refractivity contribution is 5.62. The lowest BCUT2D eigenvalue weighted by Gasteiger charge is -2.55. The van der Waals surface area contributed by atoms with Crippen LogP contribution in [0.1, 0.15) is 55.0 Å². The second kappa shape index (κ2) is 6.76. The molecular formula is C25H23F2N5O. The molecule has 3 aliphatic carbocycles. The molecule has 0 unspecified atom stereocenters. The van der Waals surface area contributed by atoms with Crippen molar-refractivity contribution in [1.29, 1.82) is 0 Å². The van der Waals surface area contributed by atoms with Gasteiger partial charge in [0.15, 0.2) is 0 Å². The quantitative estimate of drug-likeness (QED) is 0.601. The maximum Gasteiger partial charge on any atom is 0.225 e. The third-order valence-corrected chi connectivity index (χ3v) is 8.11. The minimum absolute atomic E-state index is 0.0109. The van der Waals surface area contributed by atoms with Gasteiger partial charge >= 0.3 is 0 Å². The first-order valence-electron chi connectivity index (χ1n) is 11.6. The van der Waals surface area contributed by atoms with Crippen molar-refractivity contribution >= 4 is 5.95 Å². The summed E-state index contributed by atoms with van der Waals surface area (Å²) in [5.41, 5.74) is 2.72. The first-order chi connectivity index (χ1) is 16.1. The van der Waals surface area contributed by atoms with Gasteiger partial charge in [0.1, 0.15) is 17.2 Å². The summed E-state index contributed by atoms with van der Waals surface area (Å²) >= 11 is 0. The van der Waals surface area contributed by atoms with Gasteiger partial charge in [-0.05, 0) is 61.4 Å². The SMILES string of the molecule is Fc1cccc(F)c1-c1cc2c(nn1)C1(c3ccnc(N4CC5(CCO5)C4)n3)CCC2CC1. The fraction of sp³-hybridized carbons (Fsp3) is 0.440. The first kappa shape index (κ1) is 19.5. The Bertz CT molecular complexity index is 1240. The smallest absolute Gasteiger partial charge is 0.225 e. The molecule has 0 atom stereocenters. The summed E-state index contributed by atoms with van der Waals surface area (Å²) in [5.74, 6) is -0.181. The molecule has 0 N–H and O–H groups in total. The van der Waals surface area contributed by atoms with Crippen LogP contribution in [0.5, 0.6) is 0 Å².